The number of carbonyl (C=O) groups excluding carboxylic acids is 1. The fourth-order valence-corrected chi connectivity index (χ4v) is 7.37. The number of fused-ring (bicyclic) bond motifs is 1. The number of aromatic nitrogens is 2. The second-order valence-electron chi connectivity index (χ2n) is 7.69. The van der Waals surface area contributed by atoms with E-state index in [9.17, 15) is 4.79 Å². The van der Waals surface area contributed by atoms with Gasteiger partial charge in [-0.15, -0.1) is 0 Å². The number of nitrogens with zero attached hydrogens (tertiary/aromatic N) is 1. The molecule has 2 aliphatic heterocycles. The molecule has 0 radical (unpaired) electrons. The molecule has 0 bridgehead atoms. The highest BCUT2D eigenvalue weighted by atomic mass is 33.1. The van der Waals surface area contributed by atoms with Crippen LogP contribution >= 0.6 is 21.6 Å². The van der Waals surface area contributed by atoms with Gasteiger partial charge in [0.1, 0.15) is 11.3 Å². The van der Waals surface area contributed by atoms with E-state index in [0.29, 0.717) is 11.1 Å². The van der Waals surface area contributed by atoms with Gasteiger partial charge in [0.05, 0.1) is 16.6 Å². The minimum absolute atomic E-state index is 0.0914. The number of benzene rings is 1. The molecule has 146 valence electrons. The zero-order valence-electron chi connectivity index (χ0n) is 15.6. The quantitative estimate of drug-likeness (QED) is 0.450. The van der Waals surface area contributed by atoms with Gasteiger partial charge >= 0.3 is 0 Å². The molecule has 0 spiro atoms. The molecule has 0 aliphatic carbocycles. The summed E-state index contributed by atoms with van der Waals surface area (Å²) in [5, 5.41) is 4.58. The van der Waals surface area contributed by atoms with Gasteiger partial charge < -0.3 is 16.0 Å². The Morgan fingerprint density at radius 1 is 1.33 bits per heavy atom. The minimum Gasteiger partial charge on any atom is -0.366 e. The van der Waals surface area contributed by atoms with Crippen molar-refractivity contribution >= 4 is 38.5 Å². The van der Waals surface area contributed by atoms with E-state index in [0.717, 1.165) is 42.4 Å². The van der Waals surface area contributed by atoms with Gasteiger partial charge in [0.15, 0.2) is 0 Å². The maximum Gasteiger partial charge on any atom is 0.250 e. The van der Waals surface area contributed by atoms with E-state index in [1.165, 1.54) is 37.9 Å². The number of carbonyl (C=O) groups is 1. The summed E-state index contributed by atoms with van der Waals surface area (Å²) in [4.78, 5) is 20.0. The molecule has 4 rings (SSSR count). The van der Waals surface area contributed by atoms with E-state index in [1.54, 1.807) is 6.07 Å². The van der Waals surface area contributed by atoms with Crippen molar-refractivity contribution in [2.75, 3.05) is 12.3 Å². The van der Waals surface area contributed by atoms with Crippen LogP contribution in [0.3, 0.4) is 0 Å². The fraction of sp³-hybridized carbons (Fsp3) is 0.600. The molecule has 2 atom stereocenters. The Bertz CT molecular complexity index is 794. The van der Waals surface area contributed by atoms with Gasteiger partial charge in [-0.25, -0.2) is 4.98 Å². The number of hydrogen-bond acceptors (Lipinski definition) is 5. The number of hydrogen-bond donors (Lipinski definition) is 3. The van der Waals surface area contributed by atoms with Crippen LogP contribution in [0.15, 0.2) is 18.2 Å². The summed E-state index contributed by atoms with van der Waals surface area (Å²) in [6.45, 7) is 1.02. The second-order valence-corrected chi connectivity index (χ2v) is 10.5. The summed E-state index contributed by atoms with van der Waals surface area (Å²) in [5.41, 5.74) is 7.52. The lowest BCUT2D eigenvalue weighted by Crippen LogP contribution is -2.37. The highest BCUT2D eigenvalue weighted by Crippen LogP contribution is 2.40. The van der Waals surface area contributed by atoms with Crippen molar-refractivity contribution in [3.63, 3.8) is 0 Å². The second kappa shape index (κ2) is 8.45. The lowest BCUT2D eigenvalue weighted by molar-refractivity contribution is 0.100. The van der Waals surface area contributed by atoms with Crippen molar-refractivity contribution in [2.24, 2.45) is 5.73 Å². The molecule has 5 nitrogen and oxygen atoms in total. The van der Waals surface area contributed by atoms with Crippen molar-refractivity contribution in [3.8, 4) is 0 Å². The minimum atomic E-state index is -0.421. The molecule has 2 fully saturated rings. The average molecular weight is 405 g/mol. The van der Waals surface area contributed by atoms with Crippen LogP contribution in [-0.2, 0) is 5.54 Å². The highest BCUT2D eigenvalue weighted by Gasteiger charge is 2.37. The molecule has 1 aromatic carbocycles. The predicted octanol–water partition coefficient (Wildman–Crippen LogP) is 4.34. The topological polar surface area (TPSA) is 83.8 Å². The van der Waals surface area contributed by atoms with Gasteiger partial charge in [0.2, 0.25) is 0 Å². The van der Waals surface area contributed by atoms with Crippen molar-refractivity contribution in [1.82, 2.24) is 15.3 Å². The third kappa shape index (κ3) is 4.15. The van der Waals surface area contributed by atoms with E-state index < -0.39 is 5.91 Å². The molecule has 0 saturated carbocycles. The van der Waals surface area contributed by atoms with Gasteiger partial charge in [0.25, 0.3) is 5.91 Å². The number of aromatic amines is 1. The zero-order chi connectivity index (χ0) is 18.7. The molecule has 1 aromatic heterocycles. The molecule has 2 saturated heterocycles. The normalized spacial score (nSPS) is 25.4. The molecule has 27 heavy (non-hydrogen) atoms. The summed E-state index contributed by atoms with van der Waals surface area (Å²) in [6.07, 6.45) is 9.87. The maximum atomic E-state index is 11.7. The Morgan fingerprint density at radius 2 is 2.26 bits per heavy atom. The van der Waals surface area contributed by atoms with Gasteiger partial charge in [-0.05, 0) is 50.8 Å². The number of primary amides is 1. The van der Waals surface area contributed by atoms with Gasteiger partial charge in [0, 0.05) is 11.0 Å². The van der Waals surface area contributed by atoms with Crippen LogP contribution in [0.2, 0.25) is 0 Å². The van der Waals surface area contributed by atoms with Crippen molar-refractivity contribution in [2.45, 2.75) is 62.2 Å². The molecule has 7 heteroatoms. The number of H-pyrrole nitrogens is 1. The van der Waals surface area contributed by atoms with Crippen LogP contribution in [0.4, 0.5) is 0 Å². The van der Waals surface area contributed by atoms with Crippen molar-refractivity contribution in [3.05, 3.63) is 29.6 Å². The molecule has 2 aromatic rings. The first-order chi connectivity index (χ1) is 13.2. The van der Waals surface area contributed by atoms with Gasteiger partial charge in [-0.2, -0.15) is 0 Å². The number of para-hydroxylation sites is 1. The number of nitrogens with one attached hydrogen (secondary N) is 2. The summed E-state index contributed by atoms with van der Waals surface area (Å²) < 4.78 is 0. The Hall–Kier alpha value is -1.18. The number of amides is 1. The molecule has 1 amide bonds. The first-order valence-corrected chi connectivity index (χ1v) is 12.4. The zero-order valence-corrected chi connectivity index (χ0v) is 17.3. The van der Waals surface area contributed by atoms with E-state index in [2.05, 4.69) is 21.1 Å². The molecular weight excluding hydrogens is 376 g/mol. The van der Waals surface area contributed by atoms with Crippen molar-refractivity contribution in [1.29, 1.82) is 0 Å². The number of rotatable bonds is 8. The molecule has 0 unspecified atom stereocenters. The lowest BCUT2D eigenvalue weighted by Gasteiger charge is -2.27. The Labute approximate surface area is 168 Å². The van der Waals surface area contributed by atoms with E-state index >= 15 is 0 Å². The Balaban J connectivity index is 1.44. The average Bonchev–Trinajstić information content (AvgIpc) is 3.41. The summed E-state index contributed by atoms with van der Waals surface area (Å²) in [5.74, 6) is 1.86. The number of nitrogens with two attached hydrogens (primary N) is 1. The summed E-state index contributed by atoms with van der Waals surface area (Å²) in [7, 11) is 4.11. The van der Waals surface area contributed by atoms with Gasteiger partial charge in [-0.1, -0.05) is 46.9 Å². The van der Waals surface area contributed by atoms with Crippen LogP contribution in [0.1, 0.15) is 67.5 Å². The predicted molar refractivity (Wildman–Crippen MR) is 115 cm³/mol. The van der Waals surface area contributed by atoms with Crippen LogP contribution in [0.25, 0.3) is 11.0 Å². The molecule has 3 heterocycles. The third-order valence-electron chi connectivity index (χ3n) is 5.83. The monoisotopic (exact) mass is 404 g/mol. The maximum absolute atomic E-state index is 11.7. The summed E-state index contributed by atoms with van der Waals surface area (Å²) >= 11 is 0. The molecule has 2 aliphatic rings. The first kappa shape index (κ1) is 19.2. The number of unbranched alkanes of at least 4 members (excludes halogenated alkanes) is 2. The standard InChI is InChI=1S/C20H28N4OS2/c21-18(25)15-7-4-8-16-17(15)24-19(23-16)20(11-5-12-22-20)10-3-1-2-6-14-9-13-26-27-14/h4,7-8,14,22H,1-3,5-6,9-13H2,(H2,21,25)(H,23,24)/t14-,20+/m1/s1. The fourth-order valence-electron chi connectivity index (χ4n) is 4.34. The van der Waals surface area contributed by atoms with Crippen LogP contribution < -0.4 is 11.1 Å². The third-order valence-corrected chi connectivity index (χ3v) is 8.84. The van der Waals surface area contributed by atoms with E-state index in [1.807, 2.05) is 22.9 Å². The molecular formula is C20H28N4OS2. The summed E-state index contributed by atoms with van der Waals surface area (Å²) in [6, 6.07) is 5.58. The first-order valence-electron chi connectivity index (χ1n) is 10.0. The number of imidazole rings is 1. The largest absolute Gasteiger partial charge is 0.366 e. The van der Waals surface area contributed by atoms with Crippen LogP contribution in [0.5, 0.6) is 0 Å². The Morgan fingerprint density at radius 3 is 3.00 bits per heavy atom. The lowest BCUT2D eigenvalue weighted by atomic mass is 9.89. The SMILES string of the molecule is NC(=O)c1cccc2[nH]c([C@]3(CCCCC[C@@H]4CCSS4)CCCN3)nc12. The Kier molecular flexibility index (Phi) is 5.99. The van der Waals surface area contributed by atoms with Crippen molar-refractivity contribution < 1.29 is 4.79 Å². The van der Waals surface area contributed by atoms with E-state index in [-0.39, 0.29) is 5.54 Å². The van der Waals surface area contributed by atoms with Gasteiger partial charge in [-0.3, -0.25) is 4.79 Å². The highest BCUT2D eigenvalue weighted by molar-refractivity contribution is 8.77. The smallest absolute Gasteiger partial charge is 0.250 e. The molecule has 4 N–H and O–H groups in total. The van der Waals surface area contributed by atoms with E-state index in [4.69, 9.17) is 10.7 Å². The van der Waals surface area contributed by atoms with Crippen LogP contribution in [0, 0.1) is 0 Å². The van der Waals surface area contributed by atoms with Crippen LogP contribution in [-0.4, -0.2) is 33.4 Å².